The van der Waals surface area contributed by atoms with Crippen molar-refractivity contribution < 1.29 is 18.8 Å². The Morgan fingerprint density at radius 2 is 1.26 bits per heavy atom. The summed E-state index contributed by atoms with van der Waals surface area (Å²) in [5.74, 6) is 1.57. The summed E-state index contributed by atoms with van der Waals surface area (Å²) in [6, 6.07) is 15.6. The average Bonchev–Trinajstić information content (AvgIpc) is 3.05. The Morgan fingerprint density at radius 3 is 1.82 bits per heavy atom. The average molecular weight is 523 g/mol. The zero-order valence-electron chi connectivity index (χ0n) is 20.3. The third-order valence-electron chi connectivity index (χ3n) is 6.35. The topological polar surface area (TPSA) is 62.7 Å². The van der Waals surface area contributed by atoms with Crippen LogP contribution < -0.4 is 14.9 Å². The lowest BCUT2D eigenvalue weighted by molar-refractivity contribution is 0.00578. The molecule has 6 nitrogen and oxygen atoms in total. The lowest BCUT2D eigenvalue weighted by atomic mass is 9.76. The smallest absolute Gasteiger partial charge is 0.495 e. The van der Waals surface area contributed by atoms with Crippen LogP contribution in [0.1, 0.15) is 27.7 Å². The second-order valence-corrected chi connectivity index (χ2v) is 9.91. The van der Waals surface area contributed by atoms with Gasteiger partial charge in [0.2, 0.25) is 0 Å². The molecule has 4 aromatic rings. The molecule has 0 unspecified atom stereocenters. The van der Waals surface area contributed by atoms with Gasteiger partial charge < -0.3 is 18.8 Å². The minimum Gasteiger partial charge on any atom is -0.497 e. The van der Waals surface area contributed by atoms with Gasteiger partial charge in [-0.05, 0) is 73.4 Å². The number of methoxy groups -OCH3 is 2. The van der Waals surface area contributed by atoms with Gasteiger partial charge in [0, 0.05) is 39.8 Å². The van der Waals surface area contributed by atoms with Crippen LogP contribution >= 0.6 is 15.9 Å². The Kier molecular flexibility index (Phi) is 6.85. The van der Waals surface area contributed by atoms with Crippen LogP contribution in [0.15, 0.2) is 65.4 Å². The van der Waals surface area contributed by atoms with Gasteiger partial charge in [-0.1, -0.05) is 12.1 Å². The second-order valence-electron chi connectivity index (χ2n) is 9.05. The molecule has 8 heteroatoms. The summed E-state index contributed by atoms with van der Waals surface area (Å²) >= 11 is 3.47. The number of hydrogen-bond donors (Lipinski definition) is 0. The minimum absolute atomic E-state index is 0.366. The van der Waals surface area contributed by atoms with Crippen LogP contribution in [0.4, 0.5) is 0 Å². The van der Waals surface area contributed by atoms with E-state index in [0.717, 1.165) is 43.2 Å². The van der Waals surface area contributed by atoms with Crippen LogP contribution in [-0.2, 0) is 9.31 Å². The number of rotatable bonds is 3. The zero-order valence-corrected chi connectivity index (χ0v) is 21.8. The number of aromatic nitrogens is 2. The van der Waals surface area contributed by atoms with Crippen LogP contribution in [0, 0.1) is 0 Å². The first-order valence-corrected chi connectivity index (χ1v) is 11.8. The number of ether oxygens (including phenoxy) is 2. The lowest BCUT2D eigenvalue weighted by Gasteiger charge is -2.32. The van der Waals surface area contributed by atoms with E-state index in [-0.39, 0.29) is 11.2 Å². The summed E-state index contributed by atoms with van der Waals surface area (Å²) in [6.45, 7) is 8.20. The molecular weight excluding hydrogens is 495 g/mol. The first kappa shape index (κ1) is 24.4. The van der Waals surface area contributed by atoms with Gasteiger partial charge in [0.25, 0.3) is 0 Å². The lowest BCUT2D eigenvalue weighted by Crippen LogP contribution is -2.41. The van der Waals surface area contributed by atoms with Crippen LogP contribution in [0.2, 0.25) is 0 Å². The van der Waals surface area contributed by atoms with Gasteiger partial charge in [-0.2, -0.15) is 0 Å². The Morgan fingerprint density at radius 1 is 0.765 bits per heavy atom. The molecule has 3 heterocycles. The Balaban J connectivity index is 0.000000180. The fourth-order valence-electron chi connectivity index (χ4n) is 3.70. The van der Waals surface area contributed by atoms with E-state index in [1.165, 1.54) is 0 Å². The molecule has 5 rings (SSSR count). The number of pyridine rings is 2. The summed E-state index contributed by atoms with van der Waals surface area (Å²) in [6.07, 6.45) is 3.55. The number of fused-ring (bicyclic) bond motifs is 2. The van der Waals surface area contributed by atoms with E-state index in [1.807, 2.05) is 76.2 Å². The fraction of sp³-hybridized carbons (Fsp3) is 0.308. The quantitative estimate of drug-likeness (QED) is 0.329. The van der Waals surface area contributed by atoms with Crippen molar-refractivity contribution in [1.82, 2.24) is 9.97 Å². The van der Waals surface area contributed by atoms with Crippen molar-refractivity contribution in [1.29, 1.82) is 0 Å². The largest absolute Gasteiger partial charge is 0.497 e. The van der Waals surface area contributed by atoms with E-state index in [2.05, 4.69) is 25.9 Å². The molecular formula is C26H28BBrN2O4. The summed E-state index contributed by atoms with van der Waals surface area (Å²) in [5, 5.41) is 2.13. The molecule has 0 spiro atoms. The molecule has 0 amide bonds. The SMILES string of the molecule is COc1cc(B2OC(C)(C)C(C)(C)O2)c2cccnc2c1.COc1cc(Br)c2cccnc2c1. The van der Waals surface area contributed by atoms with E-state index in [4.69, 9.17) is 18.8 Å². The number of benzene rings is 2. The summed E-state index contributed by atoms with van der Waals surface area (Å²) in [5.41, 5.74) is 2.04. The van der Waals surface area contributed by atoms with Gasteiger partial charge in [0.15, 0.2) is 0 Å². The highest BCUT2D eigenvalue weighted by Crippen LogP contribution is 2.37. The molecule has 1 saturated heterocycles. The van der Waals surface area contributed by atoms with E-state index in [1.54, 1.807) is 26.6 Å². The third-order valence-corrected chi connectivity index (χ3v) is 7.00. The summed E-state index contributed by atoms with van der Waals surface area (Å²) < 4.78 is 23.8. The number of nitrogens with zero attached hydrogens (tertiary/aromatic N) is 2. The summed E-state index contributed by atoms with van der Waals surface area (Å²) in [4.78, 5) is 8.64. The normalized spacial score (nSPS) is 16.3. The van der Waals surface area contributed by atoms with E-state index in [9.17, 15) is 0 Å². The maximum absolute atomic E-state index is 6.15. The molecule has 0 aliphatic carbocycles. The number of hydrogen-bond acceptors (Lipinski definition) is 6. The highest BCUT2D eigenvalue weighted by Gasteiger charge is 2.52. The molecule has 2 aromatic carbocycles. The first-order chi connectivity index (χ1) is 16.1. The molecule has 0 N–H and O–H groups in total. The van der Waals surface area contributed by atoms with Crippen LogP contribution in [0.25, 0.3) is 21.8 Å². The van der Waals surface area contributed by atoms with Crippen LogP contribution in [0.3, 0.4) is 0 Å². The van der Waals surface area contributed by atoms with Crippen molar-refractivity contribution in [3.8, 4) is 11.5 Å². The van der Waals surface area contributed by atoms with Gasteiger partial charge in [0.1, 0.15) is 11.5 Å². The third kappa shape index (κ3) is 4.76. The Bertz CT molecular complexity index is 1310. The fourth-order valence-corrected chi connectivity index (χ4v) is 4.26. The maximum atomic E-state index is 6.15. The molecule has 0 bridgehead atoms. The summed E-state index contributed by atoms with van der Waals surface area (Å²) in [7, 11) is 2.88. The van der Waals surface area contributed by atoms with Gasteiger partial charge in [0.05, 0.1) is 36.5 Å². The monoisotopic (exact) mass is 522 g/mol. The minimum atomic E-state index is -0.420. The van der Waals surface area contributed by atoms with Crippen molar-refractivity contribution in [3.63, 3.8) is 0 Å². The van der Waals surface area contributed by atoms with Gasteiger partial charge in [-0.25, -0.2) is 0 Å². The van der Waals surface area contributed by atoms with Gasteiger partial charge in [-0.15, -0.1) is 0 Å². The van der Waals surface area contributed by atoms with Crippen LogP contribution in [0.5, 0.6) is 11.5 Å². The molecule has 34 heavy (non-hydrogen) atoms. The molecule has 1 fully saturated rings. The molecule has 1 aliphatic rings. The molecule has 2 aromatic heterocycles. The van der Waals surface area contributed by atoms with Crippen molar-refractivity contribution in [2.45, 2.75) is 38.9 Å². The maximum Gasteiger partial charge on any atom is 0.495 e. The predicted octanol–water partition coefficient (Wildman–Crippen LogP) is 5.55. The van der Waals surface area contributed by atoms with E-state index in [0.29, 0.717) is 0 Å². The van der Waals surface area contributed by atoms with Crippen molar-refractivity contribution in [2.75, 3.05) is 14.2 Å². The molecule has 176 valence electrons. The first-order valence-electron chi connectivity index (χ1n) is 11.0. The standard InChI is InChI=1S/C16H20BNO3.C10H8BrNO/c1-15(2)16(3,4)21-17(20-15)13-9-11(19-5)10-14-12(13)7-6-8-18-14;1-13-7-5-9(11)8-3-2-4-12-10(8)6-7/h6-10H,1-5H3;2-6H,1H3. The van der Waals surface area contributed by atoms with Crippen LogP contribution in [-0.4, -0.2) is 42.5 Å². The molecule has 0 saturated carbocycles. The highest BCUT2D eigenvalue weighted by molar-refractivity contribution is 9.10. The van der Waals surface area contributed by atoms with Crippen molar-refractivity contribution in [3.05, 3.63) is 65.4 Å². The van der Waals surface area contributed by atoms with Gasteiger partial charge in [-0.3, -0.25) is 9.97 Å². The van der Waals surface area contributed by atoms with Crippen molar-refractivity contribution >= 4 is 50.3 Å². The van der Waals surface area contributed by atoms with Crippen molar-refractivity contribution in [2.24, 2.45) is 0 Å². The van der Waals surface area contributed by atoms with E-state index >= 15 is 0 Å². The molecule has 1 aliphatic heterocycles. The van der Waals surface area contributed by atoms with E-state index < -0.39 is 7.12 Å². The molecule has 0 radical (unpaired) electrons. The Hall–Kier alpha value is -2.68. The zero-order chi connectivity index (χ0) is 24.5. The van der Waals surface area contributed by atoms with Gasteiger partial charge >= 0.3 is 7.12 Å². The second kappa shape index (κ2) is 9.52. The molecule has 0 atom stereocenters. The Labute approximate surface area is 208 Å². The highest BCUT2D eigenvalue weighted by atomic mass is 79.9. The number of halogens is 1. The predicted molar refractivity (Wildman–Crippen MR) is 140 cm³/mol.